The van der Waals surface area contributed by atoms with Crippen LogP contribution in [0.4, 0.5) is 0 Å². The summed E-state index contributed by atoms with van der Waals surface area (Å²) in [5.74, 6) is 0.465. The number of rotatable bonds is 4. The highest BCUT2D eigenvalue weighted by Crippen LogP contribution is 2.32. The number of fused-ring (bicyclic) bond motifs is 1. The highest BCUT2D eigenvalue weighted by molar-refractivity contribution is 5.90. The van der Waals surface area contributed by atoms with Crippen LogP contribution in [0.1, 0.15) is 35.3 Å². The molecule has 1 aromatic rings. The van der Waals surface area contributed by atoms with Gasteiger partial charge in [-0.05, 0) is 49.9 Å². The normalized spacial score (nSPS) is 17.4. The fourth-order valence-electron chi connectivity index (χ4n) is 2.35. The second-order valence-electron chi connectivity index (χ2n) is 4.43. The fourth-order valence-corrected chi connectivity index (χ4v) is 2.35. The number of ether oxygens (including phenoxy) is 2. The standard InChI is InChI=1S/C14H19NO3/c1-3-17-13-7-10(14(16)18-4-2)5-9-6-11(15)8-12(9)13/h5,7,11H,3-4,6,8,15H2,1-2H3. The molecule has 0 fully saturated rings. The van der Waals surface area contributed by atoms with Crippen LogP contribution in [0.2, 0.25) is 0 Å². The van der Waals surface area contributed by atoms with Gasteiger partial charge in [-0.15, -0.1) is 0 Å². The minimum absolute atomic E-state index is 0.122. The van der Waals surface area contributed by atoms with Gasteiger partial charge in [-0.25, -0.2) is 4.79 Å². The molecular weight excluding hydrogens is 230 g/mol. The minimum Gasteiger partial charge on any atom is -0.494 e. The first kappa shape index (κ1) is 12.9. The second-order valence-corrected chi connectivity index (χ2v) is 4.43. The molecule has 1 aliphatic rings. The van der Waals surface area contributed by atoms with Gasteiger partial charge in [0.05, 0.1) is 18.8 Å². The lowest BCUT2D eigenvalue weighted by atomic mass is 10.1. The van der Waals surface area contributed by atoms with E-state index < -0.39 is 0 Å². The van der Waals surface area contributed by atoms with Gasteiger partial charge < -0.3 is 15.2 Å². The molecule has 0 bridgehead atoms. The van der Waals surface area contributed by atoms with Gasteiger partial charge in [0.15, 0.2) is 0 Å². The lowest BCUT2D eigenvalue weighted by Crippen LogP contribution is -2.19. The maximum atomic E-state index is 11.8. The maximum Gasteiger partial charge on any atom is 0.338 e. The van der Waals surface area contributed by atoms with Crippen LogP contribution >= 0.6 is 0 Å². The largest absolute Gasteiger partial charge is 0.494 e. The van der Waals surface area contributed by atoms with Crippen molar-refractivity contribution >= 4 is 5.97 Å². The Balaban J connectivity index is 2.37. The fraction of sp³-hybridized carbons (Fsp3) is 0.500. The summed E-state index contributed by atoms with van der Waals surface area (Å²) in [5.41, 5.74) is 8.76. The van der Waals surface area contributed by atoms with E-state index in [1.54, 1.807) is 13.0 Å². The van der Waals surface area contributed by atoms with Crippen molar-refractivity contribution < 1.29 is 14.3 Å². The summed E-state index contributed by atoms with van der Waals surface area (Å²) in [5, 5.41) is 0. The molecule has 1 aliphatic carbocycles. The van der Waals surface area contributed by atoms with Gasteiger partial charge in [0, 0.05) is 6.04 Å². The Hall–Kier alpha value is -1.55. The van der Waals surface area contributed by atoms with Crippen molar-refractivity contribution in [2.45, 2.75) is 32.7 Å². The molecule has 98 valence electrons. The molecule has 1 aromatic carbocycles. The van der Waals surface area contributed by atoms with Gasteiger partial charge in [-0.2, -0.15) is 0 Å². The van der Waals surface area contributed by atoms with Crippen molar-refractivity contribution in [3.05, 3.63) is 28.8 Å². The molecule has 0 amide bonds. The minimum atomic E-state index is -0.304. The van der Waals surface area contributed by atoms with Crippen molar-refractivity contribution in [1.82, 2.24) is 0 Å². The molecule has 0 aliphatic heterocycles. The van der Waals surface area contributed by atoms with Crippen molar-refractivity contribution in [2.75, 3.05) is 13.2 Å². The Bertz CT molecular complexity index is 457. The van der Waals surface area contributed by atoms with E-state index >= 15 is 0 Å². The quantitative estimate of drug-likeness (QED) is 0.825. The summed E-state index contributed by atoms with van der Waals surface area (Å²) in [6.07, 6.45) is 1.61. The molecule has 4 heteroatoms. The smallest absolute Gasteiger partial charge is 0.338 e. The Morgan fingerprint density at radius 3 is 2.78 bits per heavy atom. The number of esters is 1. The van der Waals surface area contributed by atoms with Gasteiger partial charge >= 0.3 is 5.97 Å². The molecule has 1 unspecified atom stereocenters. The van der Waals surface area contributed by atoms with Gasteiger partial charge in [0.25, 0.3) is 0 Å². The van der Waals surface area contributed by atoms with E-state index in [2.05, 4.69) is 0 Å². The lowest BCUT2D eigenvalue weighted by molar-refractivity contribution is 0.0525. The first-order valence-corrected chi connectivity index (χ1v) is 6.37. The Labute approximate surface area is 107 Å². The Morgan fingerprint density at radius 1 is 1.33 bits per heavy atom. The van der Waals surface area contributed by atoms with Crippen LogP contribution in [0.15, 0.2) is 12.1 Å². The summed E-state index contributed by atoms with van der Waals surface area (Å²) in [6, 6.07) is 3.76. The average Bonchev–Trinajstić information content (AvgIpc) is 2.70. The van der Waals surface area contributed by atoms with E-state index in [-0.39, 0.29) is 12.0 Å². The summed E-state index contributed by atoms with van der Waals surface area (Å²) in [6.45, 7) is 4.68. The number of hydrogen-bond acceptors (Lipinski definition) is 4. The predicted molar refractivity (Wildman–Crippen MR) is 69.0 cm³/mol. The number of benzene rings is 1. The van der Waals surface area contributed by atoms with Crippen molar-refractivity contribution in [3.8, 4) is 5.75 Å². The Kier molecular flexibility index (Phi) is 3.87. The molecule has 4 nitrogen and oxygen atoms in total. The zero-order valence-electron chi connectivity index (χ0n) is 10.9. The van der Waals surface area contributed by atoms with Crippen LogP contribution in [0.25, 0.3) is 0 Å². The number of nitrogens with two attached hydrogens (primary N) is 1. The Morgan fingerprint density at radius 2 is 2.11 bits per heavy atom. The number of carbonyl (C=O) groups excluding carboxylic acids is 1. The van der Waals surface area contributed by atoms with Gasteiger partial charge in [-0.1, -0.05) is 0 Å². The summed E-state index contributed by atoms with van der Waals surface area (Å²) in [4.78, 5) is 11.8. The zero-order valence-corrected chi connectivity index (χ0v) is 10.9. The second kappa shape index (κ2) is 5.40. The van der Waals surface area contributed by atoms with Crippen LogP contribution in [0, 0.1) is 0 Å². The van der Waals surface area contributed by atoms with E-state index in [9.17, 15) is 4.79 Å². The molecule has 2 N–H and O–H groups in total. The molecule has 2 rings (SSSR count). The molecule has 1 atom stereocenters. The van der Waals surface area contributed by atoms with Crippen LogP contribution < -0.4 is 10.5 Å². The SMILES string of the molecule is CCOC(=O)c1cc2c(c(OCC)c1)CC(N)C2. The molecule has 0 saturated heterocycles. The highest BCUT2D eigenvalue weighted by atomic mass is 16.5. The molecule has 0 spiro atoms. The molecule has 0 heterocycles. The topological polar surface area (TPSA) is 61.5 Å². The van der Waals surface area contributed by atoms with Crippen molar-refractivity contribution in [1.29, 1.82) is 0 Å². The molecule has 18 heavy (non-hydrogen) atoms. The molecule has 0 radical (unpaired) electrons. The third-order valence-electron chi connectivity index (χ3n) is 3.06. The van der Waals surface area contributed by atoms with E-state index in [0.29, 0.717) is 18.8 Å². The molecular formula is C14H19NO3. The van der Waals surface area contributed by atoms with Gasteiger partial charge in [-0.3, -0.25) is 0 Å². The van der Waals surface area contributed by atoms with Crippen LogP contribution in [-0.4, -0.2) is 25.2 Å². The van der Waals surface area contributed by atoms with Crippen molar-refractivity contribution in [2.24, 2.45) is 5.73 Å². The summed E-state index contributed by atoms with van der Waals surface area (Å²) >= 11 is 0. The monoisotopic (exact) mass is 249 g/mol. The first-order valence-electron chi connectivity index (χ1n) is 6.37. The number of carbonyl (C=O) groups is 1. The highest BCUT2D eigenvalue weighted by Gasteiger charge is 2.24. The van der Waals surface area contributed by atoms with E-state index in [0.717, 1.165) is 29.7 Å². The van der Waals surface area contributed by atoms with Crippen LogP contribution in [-0.2, 0) is 17.6 Å². The third-order valence-corrected chi connectivity index (χ3v) is 3.06. The van der Waals surface area contributed by atoms with Crippen LogP contribution in [0.3, 0.4) is 0 Å². The maximum absolute atomic E-state index is 11.8. The molecule has 0 saturated carbocycles. The zero-order chi connectivity index (χ0) is 13.1. The number of hydrogen-bond donors (Lipinski definition) is 1. The van der Waals surface area contributed by atoms with Gasteiger partial charge in [0.1, 0.15) is 5.75 Å². The van der Waals surface area contributed by atoms with E-state index in [1.807, 2.05) is 13.0 Å². The predicted octanol–water partition coefficient (Wildman–Crippen LogP) is 1.69. The first-order chi connectivity index (χ1) is 8.65. The summed E-state index contributed by atoms with van der Waals surface area (Å²) in [7, 11) is 0. The third kappa shape index (κ3) is 2.48. The lowest BCUT2D eigenvalue weighted by Gasteiger charge is -2.11. The summed E-state index contributed by atoms with van der Waals surface area (Å²) < 4.78 is 10.6. The van der Waals surface area contributed by atoms with E-state index in [4.69, 9.17) is 15.2 Å². The van der Waals surface area contributed by atoms with Gasteiger partial charge in [0.2, 0.25) is 0 Å². The van der Waals surface area contributed by atoms with E-state index in [1.165, 1.54) is 0 Å². The van der Waals surface area contributed by atoms with Crippen molar-refractivity contribution in [3.63, 3.8) is 0 Å². The van der Waals surface area contributed by atoms with Crippen LogP contribution in [0.5, 0.6) is 5.75 Å². The molecule has 0 aromatic heterocycles. The average molecular weight is 249 g/mol.